The van der Waals surface area contributed by atoms with Crippen LogP contribution in [-0.2, 0) is 4.79 Å². The molecule has 0 unspecified atom stereocenters. The van der Waals surface area contributed by atoms with Gasteiger partial charge in [0, 0.05) is 12.1 Å². The molecule has 2 aromatic rings. The Morgan fingerprint density at radius 2 is 1.56 bits per heavy atom. The highest BCUT2D eigenvalue weighted by atomic mass is 16.6. The molecular formula is C22H16N2O8. The Bertz CT molecular complexity index is 1300. The maximum Gasteiger partial charge on any atom is 0.336 e. The van der Waals surface area contributed by atoms with E-state index in [1.54, 1.807) is 13.0 Å². The number of ketones is 1. The molecule has 0 atom stereocenters. The van der Waals surface area contributed by atoms with Crippen molar-refractivity contribution in [1.82, 2.24) is 0 Å². The summed E-state index contributed by atoms with van der Waals surface area (Å²) >= 11 is 0. The molecule has 0 saturated heterocycles. The number of benzene rings is 2. The summed E-state index contributed by atoms with van der Waals surface area (Å²) in [5.74, 6) is -2.69. The lowest BCUT2D eigenvalue weighted by Crippen LogP contribution is -2.15. The monoisotopic (exact) mass is 436 g/mol. The fourth-order valence-corrected chi connectivity index (χ4v) is 3.50. The Balaban J connectivity index is 2.53. The van der Waals surface area contributed by atoms with E-state index in [1.165, 1.54) is 25.1 Å². The molecule has 0 spiro atoms. The van der Waals surface area contributed by atoms with Crippen molar-refractivity contribution >= 4 is 23.0 Å². The average molecular weight is 436 g/mol. The predicted octanol–water partition coefficient (Wildman–Crippen LogP) is 3.80. The highest BCUT2D eigenvalue weighted by Gasteiger charge is 2.30. The van der Waals surface area contributed by atoms with Gasteiger partial charge in [-0.1, -0.05) is 18.2 Å². The zero-order valence-corrected chi connectivity index (χ0v) is 16.9. The number of nitro benzene ring substituents is 1. The first-order valence-electron chi connectivity index (χ1n) is 9.17. The Labute approximate surface area is 180 Å². The number of nitrogens with zero attached hydrogens (tertiary/aromatic N) is 2. The lowest BCUT2D eigenvalue weighted by Gasteiger charge is -2.20. The first-order chi connectivity index (χ1) is 15.0. The van der Waals surface area contributed by atoms with Gasteiger partial charge in [-0.15, -0.1) is 0 Å². The number of carboxylic acid groups (broad SMARTS) is 1. The normalized spacial score (nSPS) is 15.0. The van der Waals surface area contributed by atoms with Crippen molar-refractivity contribution in [3.05, 3.63) is 108 Å². The van der Waals surface area contributed by atoms with Crippen molar-refractivity contribution in [3.8, 4) is 5.75 Å². The van der Waals surface area contributed by atoms with Crippen molar-refractivity contribution in [2.24, 2.45) is 0 Å². The number of allylic oxidation sites excluding steroid dienone is 4. The molecule has 2 aromatic carbocycles. The molecule has 162 valence electrons. The summed E-state index contributed by atoms with van der Waals surface area (Å²) in [5, 5.41) is 42.5. The minimum atomic E-state index is -1.28. The smallest absolute Gasteiger partial charge is 0.336 e. The fraction of sp³-hybridized carbons (Fsp3) is 0.0909. The van der Waals surface area contributed by atoms with E-state index in [1.807, 2.05) is 0 Å². The third kappa shape index (κ3) is 3.88. The topological polar surface area (TPSA) is 161 Å². The van der Waals surface area contributed by atoms with Crippen LogP contribution in [0.2, 0.25) is 0 Å². The molecule has 1 aliphatic carbocycles. The van der Waals surface area contributed by atoms with E-state index >= 15 is 0 Å². The number of aromatic carboxylic acids is 1. The van der Waals surface area contributed by atoms with E-state index in [0.29, 0.717) is 11.1 Å². The molecule has 2 N–H and O–H groups in total. The first-order valence-corrected chi connectivity index (χ1v) is 9.17. The molecule has 0 aromatic heterocycles. The van der Waals surface area contributed by atoms with Crippen LogP contribution in [0.15, 0.2) is 65.4 Å². The number of rotatable bonds is 5. The minimum absolute atomic E-state index is 0.138. The van der Waals surface area contributed by atoms with Crippen LogP contribution in [0.3, 0.4) is 0 Å². The number of hydrogen-bond donors (Lipinski definition) is 2. The van der Waals surface area contributed by atoms with E-state index < -0.39 is 38.7 Å². The van der Waals surface area contributed by atoms with E-state index in [4.69, 9.17) is 0 Å². The van der Waals surface area contributed by atoms with Gasteiger partial charge in [0.1, 0.15) is 0 Å². The van der Waals surface area contributed by atoms with Crippen LogP contribution in [0.4, 0.5) is 5.69 Å². The summed E-state index contributed by atoms with van der Waals surface area (Å²) in [6.45, 7) is 3.07. The molecule has 0 amide bonds. The number of hydrogen-bond acceptors (Lipinski definition) is 7. The van der Waals surface area contributed by atoms with E-state index in [0.717, 1.165) is 24.3 Å². The summed E-state index contributed by atoms with van der Waals surface area (Å²) in [4.78, 5) is 45.2. The molecular weight excluding hydrogens is 420 g/mol. The van der Waals surface area contributed by atoms with E-state index in [9.17, 15) is 40.0 Å². The number of nitro groups is 2. The average Bonchev–Trinajstić information content (AvgIpc) is 2.70. The molecule has 10 nitrogen and oxygen atoms in total. The number of aryl methyl sites for hydroxylation is 1. The molecule has 32 heavy (non-hydrogen) atoms. The summed E-state index contributed by atoms with van der Waals surface area (Å²) < 4.78 is 0. The van der Waals surface area contributed by atoms with Gasteiger partial charge in [0.2, 0.25) is 0 Å². The number of phenolic OH excluding ortho intramolecular Hbond substituents is 1. The summed E-state index contributed by atoms with van der Waals surface area (Å²) in [6, 6.07) is 8.07. The van der Waals surface area contributed by atoms with Crippen LogP contribution >= 0.6 is 0 Å². The second kappa shape index (κ2) is 8.26. The third-order valence-corrected chi connectivity index (χ3v) is 4.99. The van der Waals surface area contributed by atoms with E-state index in [-0.39, 0.29) is 27.8 Å². The Hall–Kier alpha value is -4.60. The number of carboxylic acids is 1. The van der Waals surface area contributed by atoms with Crippen LogP contribution in [0.1, 0.15) is 34.0 Å². The number of aromatic hydroxyl groups is 1. The van der Waals surface area contributed by atoms with Gasteiger partial charge in [-0.3, -0.25) is 25.0 Å². The van der Waals surface area contributed by atoms with Crippen LogP contribution in [-0.4, -0.2) is 31.8 Å². The van der Waals surface area contributed by atoms with Crippen LogP contribution < -0.4 is 0 Å². The highest BCUT2D eigenvalue weighted by molar-refractivity contribution is 6.07. The molecule has 3 rings (SSSR count). The lowest BCUT2D eigenvalue weighted by molar-refractivity contribution is -0.418. The maximum absolute atomic E-state index is 12.1. The summed E-state index contributed by atoms with van der Waals surface area (Å²) in [6.07, 6.45) is 2.09. The molecule has 0 radical (unpaired) electrons. The molecule has 0 bridgehead atoms. The van der Waals surface area contributed by atoms with Gasteiger partial charge in [0.05, 0.1) is 15.4 Å². The van der Waals surface area contributed by atoms with Crippen molar-refractivity contribution < 1.29 is 29.6 Å². The van der Waals surface area contributed by atoms with Gasteiger partial charge in [-0.2, -0.15) is 0 Å². The second-order valence-electron chi connectivity index (χ2n) is 7.03. The maximum atomic E-state index is 12.1. The first kappa shape index (κ1) is 22.1. The molecule has 0 heterocycles. The van der Waals surface area contributed by atoms with Crippen molar-refractivity contribution in [3.63, 3.8) is 0 Å². The third-order valence-electron chi connectivity index (χ3n) is 4.99. The van der Waals surface area contributed by atoms with Gasteiger partial charge in [-0.05, 0) is 65.5 Å². The Kier molecular flexibility index (Phi) is 5.71. The van der Waals surface area contributed by atoms with Crippen LogP contribution in [0.25, 0.3) is 5.57 Å². The molecule has 0 aliphatic heterocycles. The quantitative estimate of drug-likeness (QED) is 0.528. The van der Waals surface area contributed by atoms with Gasteiger partial charge in [0.15, 0.2) is 5.75 Å². The second-order valence-corrected chi connectivity index (χ2v) is 7.03. The summed E-state index contributed by atoms with van der Waals surface area (Å²) in [7, 11) is 0. The zero-order chi connectivity index (χ0) is 23.7. The fourth-order valence-electron chi connectivity index (χ4n) is 3.50. The van der Waals surface area contributed by atoms with Gasteiger partial charge in [-0.25, -0.2) is 4.79 Å². The number of carbonyl (C=O) groups excluding carboxylic acids is 1. The van der Waals surface area contributed by atoms with Crippen LogP contribution in [0, 0.1) is 27.2 Å². The van der Waals surface area contributed by atoms with Crippen molar-refractivity contribution in [1.29, 1.82) is 0 Å². The van der Waals surface area contributed by atoms with Crippen LogP contribution in [0.5, 0.6) is 5.75 Å². The number of carbonyl (C=O) groups is 2. The Morgan fingerprint density at radius 3 is 2.12 bits per heavy atom. The number of phenols is 1. The minimum Gasteiger partial charge on any atom is -0.502 e. The molecule has 1 aliphatic rings. The zero-order valence-electron chi connectivity index (χ0n) is 16.9. The largest absolute Gasteiger partial charge is 0.502 e. The molecule has 0 fully saturated rings. The standard InChI is InChI=1S/C22H16N2O8/c1-11-7-19(25)17(23(29)30)9-15(11)21(13-5-3-4-6-14(13)22(27)28)16-10-18(24(31)32)20(26)8-12(16)2/h3-10,25H,1-2H3,(H,27,28)/b21-16-. The van der Waals surface area contributed by atoms with Gasteiger partial charge in [0.25, 0.3) is 5.78 Å². The molecule has 10 heteroatoms. The highest BCUT2D eigenvalue weighted by Crippen LogP contribution is 2.40. The van der Waals surface area contributed by atoms with Crippen molar-refractivity contribution in [2.45, 2.75) is 13.8 Å². The molecule has 0 saturated carbocycles. The predicted molar refractivity (Wildman–Crippen MR) is 113 cm³/mol. The SMILES string of the molecule is CC1=CC(=O)C([N+](=O)[O-])=C/C1=C(/c1cc([N+](=O)[O-])c(O)cc1C)c1ccccc1C(=O)O. The lowest BCUT2D eigenvalue weighted by atomic mass is 9.83. The van der Waals surface area contributed by atoms with E-state index in [2.05, 4.69) is 0 Å². The Morgan fingerprint density at radius 1 is 0.938 bits per heavy atom. The van der Waals surface area contributed by atoms with Gasteiger partial charge >= 0.3 is 17.4 Å². The van der Waals surface area contributed by atoms with Gasteiger partial charge < -0.3 is 10.2 Å². The van der Waals surface area contributed by atoms with Crippen molar-refractivity contribution in [2.75, 3.05) is 0 Å². The summed E-state index contributed by atoms with van der Waals surface area (Å²) in [5.41, 5.74) is -0.200.